The van der Waals surface area contributed by atoms with Crippen LogP contribution in [0.1, 0.15) is 6.92 Å². The Hall–Kier alpha value is -0.320. The second-order valence-corrected chi connectivity index (χ2v) is 1.61. The molecule has 0 heterocycles. The highest BCUT2D eigenvalue weighted by molar-refractivity contribution is 6.60. The van der Waals surface area contributed by atoms with Gasteiger partial charge < -0.3 is 15.3 Å². The molecular weight excluding hydrogens is 147 g/mol. The summed E-state index contributed by atoms with van der Waals surface area (Å²) >= 11 is 4.19. The maximum Gasteiger partial charge on any atom is 0.401 e. The second kappa shape index (κ2) is 7.68. The number of carboxylic acid groups (broad SMARTS) is 1. The summed E-state index contributed by atoms with van der Waals surface area (Å²) in [4.78, 5) is 8.77. The topological polar surface area (TPSA) is 77.8 Å². The molecule has 0 saturated heterocycles. The van der Waals surface area contributed by atoms with Gasteiger partial charge in [0.2, 0.25) is 0 Å². The van der Waals surface area contributed by atoms with Gasteiger partial charge in [-0.15, -0.1) is 0 Å². The molecule has 0 saturated carbocycles. The third-order valence-corrected chi connectivity index (χ3v) is 0.264. The largest absolute Gasteiger partial charge is 0.469 e. The minimum atomic E-state index is -1.36. The lowest BCUT2D eigenvalue weighted by Crippen LogP contribution is -2.03. The minimum absolute atomic E-state index is 0.139. The van der Waals surface area contributed by atoms with Gasteiger partial charge in [-0.1, -0.05) is 0 Å². The predicted octanol–water partition coefficient (Wildman–Crippen LogP) is 0.263. The van der Waals surface area contributed by atoms with Crippen LogP contribution in [0, 0.1) is 0 Å². The van der Waals surface area contributed by atoms with E-state index in [1.807, 2.05) is 0 Å². The Balaban J connectivity index is 0. The van der Waals surface area contributed by atoms with Crippen LogP contribution < -0.4 is 0 Å². The molecule has 1 atom stereocenters. The highest BCUT2D eigenvalue weighted by atomic mass is 35.5. The fourth-order valence-electron chi connectivity index (χ4n) is 0. The first-order valence-electron chi connectivity index (χ1n) is 2.18. The van der Waals surface area contributed by atoms with Gasteiger partial charge in [0.05, 0.1) is 12.7 Å². The summed E-state index contributed by atoms with van der Waals surface area (Å²) in [5, 5.41) is 23.2. The van der Waals surface area contributed by atoms with Gasteiger partial charge in [0.15, 0.2) is 0 Å². The summed E-state index contributed by atoms with van der Waals surface area (Å²) < 4.78 is 0. The molecule has 0 rings (SSSR count). The maximum atomic E-state index is 8.77. The Labute approximate surface area is 57.7 Å². The Morgan fingerprint density at radius 1 is 1.78 bits per heavy atom. The van der Waals surface area contributed by atoms with Crippen molar-refractivity contribution >= 4 is 17.0 Å². The van der Waals surface area contributed by atoms with Gasteiger partial charge in [-0.2, -0.15) is 0 Å². The summed E-state index contributed by atoms with van der Waals surface area (Å²) in [5.41, 5.74) is -1.36. The normalized spacial score (nSPS) is 11.1. The lowest BCUT2D eigenvalue weighted by molar-refractivity contribution is 0.110. The van der Waals surface area contributed by atoms with Crippen LogP contribution >= 0.6 is 11.6 Å². The molecule has 1 unspecified atom stereocenters. The van der Waals surface area contributed by atoms with Crippen LogP contribution in [0.2, 0.25) is 0 Å². The third-order valence-electron chi connectivity index (χ3n) is 0.264. The number of hydrogen-bond acceptors (Lipinski definition) is 3. The first-order valence-corrected chi connectivity index (χ1v) is 2.55. The molecule has 0 bridgehead atoms. The monoisotopic (exact) mass is 156 g/mol. The standard InChI is InChI=1S/C3H8O2.CHClO2/c1-3(5)2-4;2-1(3)4/h3-5H,2H2,1H3;(H,3,4). The van der Waals surface area contributed by atoms with Crippen LogP contribution in [0.4, 0.5) is 4.79 Å². The van der Waals surface area contributed by atoms with Gasteiger partial charge in [-0.25, -0.2) is 4.79 Å². The molecule has 0 aliphatic heterocycles. The van der Waals surface area contributed by atoms with Crippen LogP contribution in [-0.2, 0) is 0 Å². The molecule has 0 spiro atoms. The molecular formula is C4H9ClO4. The Morgan fingerprint density at radius 2 is 1.89 bits per heavy atom. The average Bonchev–Trinajstić information content (AvgIpc) is 1.65. The maximum absolute atomic E-state index is 8.77. The van der Waals surface area contributed by atoms with Crippen molar-refractivity contribution < 1.29 is 20.1 Å². The van der Waals surface area contributed by atoms with E-state index in [0.717, 1.165) is 0 Å². The van der Waals surface area contributed by atoms with E-state index in [4.69, 9.17) is 20.1 Å². The van der Waals surface area contributed by atoms with Gasteiger partial charge in [-0.3, -0.25) is 0 Å². The molecule has 0 aliphatic rings. The molecule has 5 heteroatoms. The third kappa shape index (κ3) is 87.8. The molecule has 0 aromatic rings. The SMILES string of the molecule is CC(O)CO.O=C(O)Cl. The molecule has 0 radical (unpaired) electrons. The van der Waals surface area contributed by atoms with E-state index in [-0.39, 0.29) is 6.61 Å². The lowest BCUT2D eigenvalue weighted by Gasteiger charge is -1.90. The summed E-state index contributed by atoms with van der Waals surface area (Å²) in [7, 11) is 0. The highest BCUT2D eigenvalue weighted by Crippen LogP contribution is 1.68. The Kier molecular flexibility index (Phi) is 9.79. The van der Waals surface area contributed by atoms with Crippen LogP contribution in [0.5, 0.6) is 0 Å². The second-order valence-electron chi connectivity index (χ2n) is 1.28. The van der Waals surface area contributed by atoms with E-state index in [0.29, 0.717) is 0 Å². The first kappa shape index (κ1) is 11.5. The van der Waals surface area contributed by atoms with E-state index in [1.54, 1.807) is 0 Å². The molecule has 0 aromatic heterocycles. The van der Waals surface area contributed by atoms with Crippen molar-refractivity contribution in [3.05, 3.63) is 0 Å². The van der Waals surface area contributed by atoms with Crippen LogP contribution in [-0.4, -0.2) is 33.5 Å². The van der Waals surface area contributed by atoms with Crippen LogP contribution in [0.25, 0.3) is 0 Å². The van der Waals surface area contributed by atoms with E-state index in [2.05, 4.69) is 11.6 Å². The van der Waals surface area contributed by atoms with Crippen molar-refractivity contribution in [2.24, 2.45) is 0 Å². The number of carbonyl (C=O) groups is 1. The van der Waals surface area contributed by atoms with E-state index < -0.39 is 11.5 Å². The fourth-order valence-corrected chi connectivity index (χ4v) is 0. The van der Waals surface area contributed by atoms with E-state index in [1.165, 1.54) is 6.92 Å². The highest BCUT2D eigenvalue weighted by Gasteiger charge is 1.83. The van der Waals surface area contributed by atoms with Crippen LogP contribution in [0.3, 0.4) is 0 Å². The van der Waals surface area contributed by atoms with Crippen molar-refractivity contribution in [3.8, 4) is 0 Å². The van der Waals surface area contributed by atoms with Crippen molar-refractivity contribution in [1.82, 2.24) is 0 Å². The van der Waals surface area contributed by atoms with Crippen molar-refractivity contribution in [2.45, 2.75) is 13.0 Å². The van der Waals surface area contributed by atoms with Crippen molar-refractivity contribution in [3.63, 3.8) is 0 Å². The fraction of sp³-hybridized carbons (Fsp3) is 0.750. The quantitative estimate of drug-likeness (QED) is 0.476. The van der Waals surface area contributed by atoms with Gasteiger partial charge >= 0.3 is 5.43 Å². The van der Waals surface area contributed by atoms with Gasteiger partial charge in [0.1, 0.15) is 0 Å². The first-order chi connectivity index (χ1) is 4.00. The molecule has 56 valence electrons. The molecule has 0 amide bonds. The number of halogens is 1. The molecule has 9 heavy (non-hydrogen) atoms. The van der Waals surface area contributed by atoms with Gasteiger partial charge in [0, 0.05) is 11.6 Å². The zero-order valence-electron chi connectivity index (χ0n) is 4.91. The summed E-state index contributed by atoms with van der Waals surface area (Å²) in [5.74, 6) is 0. The van der Waals surface area contributed by atoms with Crippen molar-refractivity contribution in [1.29, 1.82) is 0 Å². The lowest BCUT2D eigenvalue weighted by atomic mass is 10.5. The summed E-state index contributed by atoms with van der Waals surface area (Å²) in [6.45, 7) is 1.39. The predicted molar refractivity (Wildman–Crippen MR) is 32.6 cm³/mol. The Bertz CT molecular complexity index is 69.0. The molecule has 4 nitrogen and oxygen atoms in total. The average molecular weight is 157 g/mol. The smallest absolute Gasteiger partial charge is 0.401 e. The molecule has 0 aliphatic carbocycles. The summed E-state index contributed by atoms with van der Waals surface area (Å²) in [6.07, 6.45) is -0.560. The molecule has 0 fully saturated rings. The minimum Gasteiger partial charge on any atom is -0.469 e. The number of aliphatic hydroxyl groups is 2. The van der Waals surface area contributed by atoms with Crippen molar-refractivity contribution in [2.75, 3.05) is 6.61 Å². The van der Waals surface area contributed by atoms with Gasteiger partial charge in [0.25, 0.3) is 0 Å². The summed E-state index contributed by atoms with van der Waals surface area (Å²) in [6, 6.07) is 0. The molecule has 0 aromatic carbocycles. The number of aliphatic hydroxyl groups excluding tert-OH is 2. The molecule has 3 N–H and O–H groups in total. The number of rotatable bonds is 1. The van der Waals surface area contributed by atoms with Crippen LogP contribution in [0.15, 0.2) is 0 Å². The number of hydrogen-bond donors (Lipinski definition) is 3. The van der Waals surface area contributed by atoms with Gasteiger partial charge in [-0.05, 0) is 6.92 Å². The van der Waals surface area contributed by atoms with E-state index >= 15 is 0 Å². The Morgan fingerprint density at radius 3 is 1.89 bits per heavy atom. The van der Waals surface area contributed by atoms with E-state index in [9.17, 15) is 0 Å². The zero-order chi connectivity index (χ0) is 7.86. The zero-order valence-corrected chi connectivity index (χ0v) is 5.67.